The molecule has 7 heteroatoms. The summed E-state index contributed by atoms with van der Waals surface area (Å²) in [6.45, 7) is 1.13. The fraction of sp³-hybridized carbons (Fsp3) is 0.273. The lowest BCUT2D eigenvalue weighted by Crippen LogP contribution is -2.31. The zero-order chi connectivity index (χ0) is 20.3. The first-order valence-electron chi connectivity index (χ1n) is 9.81. The van der Waals surface area contributed by atoms with E-state index in [4.69, 9.17) is 0 Å². The Balaban J connectivity index is 1.53. The number of pyridine rings is 1. The third-order valence-electron chi connectivity index (χ3n) is 5.21. The summed E-state index contributed by atoms with van der Waals surface area (Å²) in [6, 6.07) is 15.5. The highest BCUT2D eigenvalue weighted by molar-refractivity contribution is 7.89. The van der Waals surface area contributed by atoms with Crippen molar-refractivity contribution in [2.45, 2.75) is 30.6 Å². The predicted octanol–water partition coefficient (Wildman–Crippen LogP) is 4.05. The molecular weight excluding hydrogens is 386 g/mol. The minimum atomic E-state index is -3.50. The van der Waals surface area contributed by atoms with E-state index in [9.17, 15) is 13.2 Å². The summed E-state index contributed by atoms with van der Waals surface area (Å²) in [4.78, 5) is 17.3. The number of rotatable bonds is 4. The molecule has 0 spiro atoms. The SMILES string of the molecule is O=C(Nc1ccc(S(=O)(=O)N2CCCCCC2)cc1)c1ccnc2ccccc12. The summed E-state index contributed by atoms with van der Waals surface area (Å²) in [5.74, 6) is -0.258. The van der Waals surface area contributed by atoms with Crippen molar-refractivity contribution in [3.63, 3.8) is 0 Å². The smallest absolute Gasteiger partial charge is 0.256 e. The van der Waals surface area contributed by atoms with Crippen LogP contribution >= 0.6 is 0 Å². The summed E-state index contributed by atoms with van der Waals surface area (Å²) in [5, 5.41) is 3.61. The maximum Gasteiger partial charge on any atom is 0.256 e. The number of amides is 1. The number of aromatic nitrogens is 1. The Kier molecular flexibility index (Phi) is 5.60. The fourth-order valence-electron chi connectivity index (χ4n) is 3.63. The molecule has 1 fully saturated rings. The third kappa shape index (κ3) is 4.16. The first-order valence-corrected chi connectivity index (χ1v) is 11.2. The first kappa shape index (κ1) is 19.5. The summed E-state index contributed by atoms with van der Waals surface area (Å²) < 4.78 is 27.3. The fourth-order valence-corrected chi connectivity index (χ4v) is 5.15. The Labute approximate surface area is 170 Å². The van der Waals surface area contributed by atoms with Gasteiger partial charge in [0.05, 0.1) is 16.0 Å². The number of hydrogen-bond acceptors (Lipinski definition) is 4. The molecule has 150 valence electrons. The molecule has 6 nitrogen and oxygen atoms in total. The Morgan fingerprint density at radius 1 is 0.897 bits per heavy atom. The van der Waals surface area contributed by atoms with Crippen LogP contribution in [0.4, 0.5) is 5.69 Å². The van der Waals surface area contributed by atoms with Crippen LogP contribution in [-0.4, -0.2) is 36.7 Å². The van der Waals surface area contributed by atoms with Crippen molar-refractivity contribution in [2.24, 2.45) is 0 Å². The second-order valence-electron chi connectivity index (χ2n) is 7.17. The maximum absolute atomic E-state index is 12.9. The second kappa shape index (κ2) is 8.31. The number of fused-ring (bicyclic) bond motifs is 1. The predicted molar refractivity (Wildman–Crippen MR) is 113 cm³/mol. The highest BCUT2D eigenvalue weighted by Crippen LogP contribution is 2.23. The minimum absolute atomic E-state index is 0.256. The molecule has 2 heterocycles. The van der Waals surface area contributed by atoms with Gasteiger partial charge in [-0.2, -0.15) is 4.31 Å². The number of hydrogen-bond donors (Lipinski definition) is 1. The van der Waals surface area contributed by atoms with Crippen molar-refractivity contribution >= 4 is 32.5 Å². The Hall–Kier alpha value is -2.77. The normalized spacial score (nSPS) is 15.7. The zero-order valence-electron chi connectivity index (χ0n) is 16.0. The Morgan fingerprint density at radius 2 is 1.59 bits per heavy atom. The lowest BCUT2D eigenvalue weighted by molar-refractivity contribution is 0.102. The first-order chi connectivity index (χ1) is 14.1. The molecule has 1 N–H and O–H groups in total. The molecule has 1 aliphatic rings. The number of nitrogens with one attached hydrogen (secondary N) is 1. The highest BCUT2D eigenvalue weighted by Gasteiger charge is 2.25. The van der Waals surface area contributed by atoms with E-state index < -0.39 is 10.0 Å². The van der Waals surface area contributed by atoms with Crippen molar-refractivity contribution in [1.82, 2.24) is 9.29 Å². The van der Waals surface area contributed by atoms with E-state index in [1.807, 2.05) is 24.3 Å². The summed E-state index contributed by atoms with van der Waals surface area (Å²) in [7, 11) is -3.50. The van der Waals surface area contributed by atoms with E-state index in [-0.39, 0.29) is 10.8 Å². The number of carbonyl (C=O) groups is 1. The van der Waals surface area contributed by atoms with Gasteiger partial charge in [-0.3, -0.25) is 9.78 Å². The van der Waals surface area contributed by atoms with Crippen molar-refractivity contribution in [3.8, 4) is 0 Å². The van der Waals surface area contributed by atoms with Crippen LogP contribution in [0.25, 0.3) is 10.9 Å². The molecular formula is C22H23N3O3S. The summed E-state index contributed by atoms with van der Waals surface area (Å²) >= 11 is 0. The molecule has 0 unspecified atom stereocenters. The molecule has 3 aromatic rings. The standard InChI is InChI=1S/C22H23N3O3S/c26-22(20-13-14-23-21-8-4-3-7-19(20)21)24-17-9-11-18(12-10-17)29(27,28)25-15-5-1-2-6-16-25/h3-4,7-14H,1-2,5-6,15-16H2,(H,24,26). The Bertz CT molecular complexity index is 1110. The molecule has 1 amide bonds. The van der Waals surface area contributed by atoms with E-state index in [1.54, 1.807) is 40.8 Å². The number of benzene rings is 2. The van der Waals surface area contributed by atoms with Crippen molar-refractivity contribution in [1.29, 1.82) is 0 Å². The molecule has 29 heavy (non-hydrogen) atoms. The van der Waals surface area contributed by atoms with Crippen LogP contribution < -0.4 is 5.32 Å². The topological polar surface area (TPSA) is 79.4 Å². The molecule has 0 saturated carbocycles. The lowest BCUT2D eigenvalue weighted by atomic mass is 10.1. The van der Waals surface area contributed by atoms with Gasteiger partial charge in [-0.25, -0.2) is 8.42 Å². The molecule has 4 rings (SSSR count). The Morgan fingerprint density at radius 3 is 2.31 bits per heavy atom. The van der Waals surface area contributed by atoms with E-state index in [0.29, 0.717) is 24.3 Å². The number of carbonyl (C=O) groups excluding carboxylic acids is 1. The van der Waals surface area contributed by atoms with Gasteiger partial charge in [0.2, 0.25) is 10.0 Å². The van der Waals surface area contributed by atoms with Gasteiger partial charge in [-0.15, -0.1) is 0 Å². The number of nitrogens with zero attached hydrogens (tertiary/aromatic N) is 2. The van der Waals surface area contributed by atoms with Gasteiger partial charge in [0, 0.05) is 30.4 Å². The molecule has 1 aromatic heterocycles. The number of para-hydroxylation sites is 1. The quantitative estimate of drug-likeness (QED) is 0.705. The molecule has 2 aromatic carbocycles. The van der Waals surface area contributed by atoms with Gasteiger partial charge in [-0.1, -0.05) is 31.0 Å². The number of anilines is 1. The number of sulfonamides is 1. The van der Waals surface area contributed by atoms with Crippen LogP contribution in [-0.2, 0) is 10.0 Å². The molecule has 1 saturated heterocycles. The van der Waals surface area contributed by atoms with Crippen LogP contribution in [0.5, 0.6) is 0 Å². The van der Waals surface area contributed by atoms with Crippen LogP contribution in [0.3, 0.4) is 0 Å². The second-order valence-corrected chi connectivity index (χ2v) is 9.11. The molecule has 1 aliphatic heterocycles. The highest BCUT2D eigenvalue weighted by atomic mass is 32.2. The third-order valence-corrected chi connectivity index (χ3v) is 7.12. The molecule has 0 aliphatic carbocycles. The van der Waals surface area contributed by atoms with Crippen LogP contribution in [0, 0.1) is 0 Å². The summed E-state index contributed by atoms with van der Waals surface area (Å²) in [5.41, 5.74) is 1.82. The van der Waals surface area contributed by atoms with Crippen LogP contribution in [0.2, 0.25) is 0 Å². The van der Waals surface area contributed by atoms with Gasteiger partial charge < -0.3 is 5.32 Å². The van der Waals surface area contributed by atoms with E-state index in [2.05, 4.69) is 10.3 Å². The van der Waals surface area contributed by atoms with E-state index in [0.717, 1.165) is 36.6 Å². The maximum atomic E-state index is 12.9. The van der Waals surface area contributed by atoms with Crippen LogP contribution in [0.15, 0.2) is 65.7 Å². The van der Waals surface area contributed by atoms with E-state index >= 15 is 0 Å². The van der Waals surface area contributed by atoms with Gasteiger partial charge >= 0.3 is 0 Å². The van der Waals surface area contributed by atoms with Crippen molar-refractivity contribution in [3.05, 3.63) is 66.4 Å². The van der Waals surface area contributed by atoms with Gasteiger partial charge in [-0.05, 0) is 49.2 Å². The van der Waals surface area contributed by atoms with Crippen molar-refractivity contribution in [2.75, 3.05) is 18.4 Å². The van der Waals surface area contributed by atoms with Gasteiger partial charge in [0.1, 0.15) is 0 Å². The van der Waals surface area contributed by atoms with Gasteiger partial charge in [0.25, 0.3) is 5.91 Å². The van der Waals surface area contributed by atoms with Crippen molar-refractivity contribution < 1.29 is 13.2 Å². The molecule has 0 atom stereocenters. The summed E-state index contributed by atoms with van der Waals surface area (Å²) in [6.07, 6.45) is 5.54. The van der Waals surface area contributed by atoms with Gasteiger partial charge in [0.15, 0.2) is 0 Å². The average molecular weight is 410 g/mol. The lowest BCUT2D eigenvalue weighted by Gasteiger charge is -2.20. The molecule has 0 bridgehead atoms. The average Bonchev–Trinajstić information content (AvgIpc) is 3.04. The van der Waals surface area contributed by atoms with E-state index in [1.165, 1.54) is 0 Å². The molecule has 0 radical (unpaired) electrons. The zero-order valence-corrected chi connectivity index (χ0v) is 16.9. The van der Waals surface area contributed by atoms with Crippen LogP contribution in [0.1, 0.15) is 36.0 Å². The monoisotopic (exact) mass is 409 g/mol. The largest absolute Gasteiger partial charge is 0.322 e. The minimum Gasteiger partial charge on any atom is -0.322 e.